The fourth-order valence-electron chi connectivity index (χ4n) is 2.43. The molecule has 3 nitrogen and oxygen atoms in total. The smallest absolute Gasteiger partial charge is 0.0333 e. The summed E-state index contributed by atoms with van der Waals surface area (Å²) in [7, 11) is 2.04. The quantitative estimate of drug-likeness (QED) is 0.812. The Balaban J connectivity index is 1.94. The average Bonchev–Trinajstić information content (AvgIpc) is 2.38. The van der Waals surface area contributed by atoms with Crippen LogP contribution in [0.5, 0.6) is 0 Å². The SMILES string of the molecule is CNC(CC1CCCCN1)c1ccncc1. The van der Waals surface area contributed by atoms with Crippen LogP contribution in [0.2, 0.25) is 0 Å². The Morgan fingerprint density at radius 1 is 1.44 bits per heavy atom. The third-order valence-electron chi connectivity index (χ3n) is 3.39. The molecule has 1 aliphatic rings. The highest BCUT2D eigenvalue weighted by atomic mass is 14.9. The van der Waals surface area contributed by atoms with E-state index < -0.39 is 0 Å². The predicted molar refractivity (Wildman–Crippen MR) is 66.3 cm³/mol. The van der Waals surface area contributed by atoms with Gasteiger partial charge in [-0.15, -0.1) is 0 Å². The Kier molecular flexibility index (Phi) is 4.31. The summed E-state index contributed by atoms with van der Waals surface area (Å²) >= 11 is 0. The summed E-state index contributed by atoms with van der Waals surface area (Å²) in [4.78, 5) is 4.07. The fraction of sp³-hybridized carbons (Fsp3) is 0.615. The molecule has 88 valence electrons. The summed E-state index contributed by atoms with van der Waals surface area (Å²) in [5.74, 6) is 0. The Morgan fingerprint density at radius 2 is 2.25 bits per heavy atom. The molecule has 3 heteroatoms. The van der Waals surface area contributed by atoms with Crippen molar-refractivity contribution in [2.45, 2.75) is 37.8 Å². The van der Waals surface area contributed by atoms with Crippen LogP contribution in [-0.2, 0) is 0 Å². The third-order valence-corrected chi connectivity index (χ3v) is 3.39. The number of nitrogens with one attached hydrogen (secondary N) is 2. The van der Waals surface area contributed by atoms with Crippen molar-refractivity contribution in [1.82, 2.24) is 15.6 Å². The predicted octanol–water partition coefficient (Wildman–Crippen LogP) is 1.87. The Morgan fingerprint density at radius 3 is 2.88 bits per heavy atom. The molecule has 1 aromatic heterocycles. The van der Waals surface area contributed by atoms with Crippen LogP contribution in [0.1, 0.15) is 37.3 Å². The third kappa shape index (κ3) is 3.03. The van der Waals surface area contributed by atoms with Crippen molar-refractivity contribution in [3.05, 3.63) is 30.1 Å². The number of piperidine rings is 1. The second kappa shape index (κ2) is 5.97. The first-order valence-electron chi connectivity index (χ1n) is 6.20. The van der Waals surface area contributed by atoms with E-state index in [1.165, 1.54) is 37.8 Å². The summed E-state index contributed by atoms with van der Waals surface area (Å²) in [6.45, 7) is 1.18. The number of hydrogen-bond acceptors (Lipinski definition) is 3. The van der Waals surface area contributed by atoms with Crippen LogP contribution in [-0.4, -0.2) is 24.6 Å². The molecule has 0 spiro atoms. The van der Waals surface area contributed by atoms with Gasteiger partial charge in [-0.2, -0.15) is 0 Å². The zero-order valence-electron chi connectivity index (χ0n) is 9.95. The fourth-order valence-corrected chi connectivity index (χ4v) is 2.43. The summed E-state index contributed by atoms with van der Waals surface area (Å²) in [5.41, 5.74) is 1.34. The Bertz CT molecular complexity index is 293. The first kappa shape index (κ1) is 11.6. The lowest BCUT2D eigenvalue weighted by Crippen LogP contribution is -2.37. The van der Waals surface area contributed by atoms with Crippen molar-refractivity contribution >= 4 is 0 Å². The molecule has 16 heavy (non-hydrogen) atoms. The molecular weight excluding hydrogens is 198 g/mol. The molecular formula is C13H21N3. The Labute approximate surface area is 97.7 Å². The highest BCUT2D eigenvalue weighted by Crippen LogP contribution is 2.21. The molecule has 2 rings (SSSR count). The lowest BCUT2D eigenvalue weighted by Gasteiger charge is -2.27. The lowest BCUT2D eigenvalue weighted by atomic mass is 9.95. The molecule has 2 N–H and O–H groups in total. The minimum absolute atomic E-state index is 0.443. The summed E-state index contributed by atoms with van der Waals surface area (Å²) < 4.78 is 0. The number of pyridine rings is 1. The van der Waals surface area contributed by atoms with Gasteiger partial charge in [0.25, 0.3) is 0 Å². The number of nitrogens with zero attached hydrogens (tertiary/aromatic N) is 1. The van der Waals surface area contributed by atoms with Gasteiger partial charge in [0, 0.05) is 24.5 Å². The van der Waals surface area contributed by atoms with Gasteiger partial charge in [0.1, 0.15) is 0 Å². The van der Waals surface area contributed by atoms with Crippen LogP contribution in [0.15, 0.2) is 24.5 Å². The van der Waals surface area contributed by atoms with Crippen molar-refractivity contribution in [2.75, 3.05) is 13.6 Å². The van der Waals surface area contributed by atoms with Gasteiger partial charge in [0.05, 0.1) is 0 Å². The van der Waals surface area contributed by atoms with E-state index in [4.69, 9.17) is 0 Å². The van der Waals surface area contributed by atoms with Crippen LogP contribution < -0.4 is 10.6 Å². The van der Waals surface area contributed by atoms with Crippen LogP contribution in [0.4, 0.5) is 0 Å². The molecule has 1 aromatic rings. The largest absolute Gasteiger partial charge is 0.314 e. The molecule has 1 saturated heterocycles. The average molecular weight is 219 g/mol. The molecule has 1 fully saturated rings. The first-order valence-corrected chi connectivity index (χ1v) is 6.20. The van der Waals surface area contributed by atoms with Crippen molar-refractivity contribution in [1.29, 1.82) is 0 Å². The van der Waals surface area contributed by atoms with E-state index in [-0.39, 0.29) is 0 Å². The zero-order valence-corrected chi connectivity index (χ0v) is 9.95. The summed E-state index contributed by atoms with van der Waals surface area (Å²) in [6.07, 6.45) is 8.91. The molecule has 0 amide bonds. The number of rotatable bonds is 4. The highest BCUT2D eigenvalue weighted by molar-refractivity contribution is 5.15. The highest BCUT2D eigenvalue weighted by Gasteiger charge is 2.18. The molecule has 2 unspecified atom stereocenters. The molecule has 0 aliphatic carbocycles. The monoisotopic (exact) mass is 219 g/mol. The van der Waals surface area contributed by atoms with Gasteiger partial charge in [-0.3, -0.25) is 4.98 Å². The van der Waals surface area contributed by atoms with E-state index in [0.29, 0.717) is 12.1 Å². The molecule has 2 heterocycles. The van der Waals surface area contributed by atoms with Crippen LogP contribution >= 0.6 is 0 Å². The maximum absolute atomic E-state index is 4.07. The normalized spacial score (nSPS) is 22.9. The Hall–Kier alpha value is -0.930. The van der Waals surface area contributed by atoms with Crippen LogP contribution in [0.3, 0.4) is 0 Å². The first-order chi connectivity index (χ1) is 7.90. The minimum atomic E-state index is 0.443. The van der Waals surface area contributed by atoms with Crippen molar-refractivity contribution in [2.24, 2.45) is 0 Å². The molecule has 2 atom stereocenters. The second-order valence-corrected chi connectivity index (χ2v) is 4.50. The van der Waals surface area contributed by atoms with Gasteiger partial charge in [-0.05, 0) is 50.6 Å². The number of hydrogen-bond donors (Lipinski definition) is 2. The van der Waals surface area contributed by atoms with Crippen molar-refractivity contribution in [3.63, 3.8) is 0 Å². The van der Waals surface area contributed by atoms with E-state index in [1.54, 1.807) is 0 Å². The number of aromatic nitrogens is 1. The van der Waals surface area contributed by atoms with Gasteiger partial charge in [0.2, 0.25) is 0 Å². The molecule has 0 aromatic carbocycles. The van der Waals surface area contributed by atoms with E-state index in [2.05, 4.69) is 27.8 Å². The summed E-state index contributed by atoms with van der Waals surface area (Å²) in [5, 5.41) is 7.00. The minimum Gasteiger partial charge on any atom is -0.314 e. The van der Waals surface area contributed by atoms with Gasteiger partial charge in [0.15, 0.2) is 0 Å². The lowest BCUT2D eigenvalue weighted by molar-refractivity contribution is 0.347. The molecule has 0 radical (unpaired) electrons. The second-order valence-electron chi connectivity index (χ2n) is 4.50. The summed E-state index contributed by atoms with van der Waals surface area (Å²) in [6, 6.07) is 5.31. The molecule has 0 bridgehead atoms. The molecule has 0 saturated carbocycles. The zero-order chi connectivity index (χ0) is 11.2. The van der Waals surface area contributed by atoms with Gasteiger partial charge in [-0.1, -0.05) is 6.42 Å². The van der Waals surface area contributed by atoms with E-state index in [9.17, 15) is 0 Å². The van der Waals surface area contributed by atoms with E-state index in [1.807, 2.05) is 19.4 Å². The maximum Gasteiger partial charge on any atom is 0.0333 e. The van der Waals surface area contributed by atoms with Crippen LogP contribution in [0, 0.1) is 0 Å². The van der Waals surface area contributed by atoms with E-state index >= 15 is 0 Å². The van der Waals surface area contributed by atoms with E-state index in [0.717, 1.165) is 0 Å². The van der Waals surface area contributed by atoms with Crippen molar-refractivity contribution in [3.8, 4) is 0 Å². The van der Waals surface area contributed by atoms with Gasteiger partial charge < -0.3 is 10.6 Å². The van der Waals surface area contributed by atoms with Crippen LogP contribution in [0.25, 0.3) is 0 Å². The maximum atomic E-state index is 4.07. The van der Waals surface area contributed by atoms with Gasteiger partial charge >= 0.3 is 0 Å². The van der Waals surface area contributed by atoms with Crippen molar-refractivity contribution < 1.29 is 0 Å². The molecule has 1 aliphatic heterocycles. The standard InChI is InChI=1S/C13H21N3/c1-14-13(11-5-8-15-9-6-11)10-12-4-2-3-7-16-12/h5-6,8-9,12-14,16H,2-4,7,10H2,1H3. The topological polar surface area (TPSA) is 37.0 Å². The van der Waals surface area contributed by atoms with Gasteiger partial charge in [-0.25, -0.2) is 0 Å².